The maximum atomic E-state index is 7.50. The van der Waals surface area contributed by atoms with E-state index < -0.39 is 0 Å². The first-order valence-electron chi connectivity index (χ1n) is 4.88. The van der Waals surface area contributed by atoms with Crippen molar-refractivity contribution in [2.24, 2.45) is 0 Å². The fourth-order valence-corrected chi connectivity index (χ4v) is 2.00. The molecule has 0 saturated carbocycles. The summed E-state index contributed by atoms with van der Waals surface area (Å²) in [6.07, 6.45) is 0.920. The van der Waals surface area contributed by atoms with E-state index in [1.165, 1.54) is 11.1 Å². The molecule has 5 nitrogen and oxygen atoms in total. The first-order valence-corrected chi connectivity index (χ1v) is 4.88. The summed E-state index contributed by atoms with van der Waals surface area (Å²) in [5, 5.41) is 0. The molecule has 0 unspecified atom stereocenters. The summed E-state index contributed by atoms with van der Waals surface area (Å²) in [6.45, 7) is 15.0. The molecule has 1 heterocycles. The molecule has 2 aliphatic rings. The number of hydrogen-bond acceptors (Lipinski definition) is 2. The molecule has 0 atom stereocenters. The van der Waals surface area contributed by atoms with E-state index in [-0.39, 0.29) is 23.1 Å². The Morgan fingerprint density at radius 2 is 1.37 bits per heavy atom. The van der Waals surface area contributed by atoms with Crippen molar-refractivity contribution in [1.82, 2.24) is 0 Å². The average molecular weight is 298 g/mol. The predicted octanol–water partition coefficient (Wildman–Crippen LogP) is 1.33. The van der Waals surface area contributed by atoms with Gasteiger partial charge in [-0.2, -0.15) is 0 Å². The van der Waals surface area contributed by atoms with E-state index in [0.29, 0.717) is 0 Å². The van der Waals surface area contributed by atoms with Gasteiger partial charge in [0, 0.05) is 29.3 Å². The van der Waals surface area contributed by atoms with Gasteiger partial charge >= 0.3 is 33.9 Å². The SMILES string of the molecule is [C-]#[O+].[C-]#[O+].[C-]#[O+].[Cr].c1ccc2c(c1)CC21OCCO1. The summed E-state index contributed by atoms with van der Waals surface area (Å²) < 4.78 is 33.7. The fourth-order valence-electron chi connectivity index (χ4n) is 2.00. The Balaban J connectivity index is 0. The molecule has 1 saturated heterocycles. The third-order valence-corrected chi connectivity index (χ3v) is 2.60. The molecule has 3 rings (SSSR count). The van der Waals surface area contributed by atoms with Crippen molar-refractivity contribution >= 4 is 0 Å². The third-order valence-electron chi connectivity index (χ3n) is 2.60. The summed E-state index contributed by atoms with van der Waals surface area (Å²) in [4.78, 5) is 0. The Bertz CT molecular complexity index is 418. The van der Waals surface area contributed by atoms with E-state index in [2.05, 4.69) is 38.2 Å². The number of benzene rings is 1. The first-order chi connectivity index (χ1) is 8.91. The van der Waals surface area contributed by atoms with Gasteiger partial charge in [0.25, 0.3) is 0 Å². The minimum atomic E-state index is -0.351. The molecule has 1 aliphatic carbocycles. The normalized spacial score (nSPS) is 15.3. The fraction of sp³-hybridized carbons (Fsp3) is 0.308. The largest absolute Gasteiger partial charge is 0.343 e. The van der Waals surface area contributed by atoms with Gasteiger partial charge in [0.1, 0.15) is 0 Å². The smallest absolute Gasteiger partial charge is 0.199 e. The third kappa shape index (κ3) is 4.19. The predicted molar refractivity (Wildman–Crippen MR) is 55.5 cm³/mol. The Labute approximate surface area is 122 Å². The molecule has 1 aromatic carbocycles. The molecule has 1 fully saturated rings. The van der Waals surface area contributed by atoms with E-state index in [0.717, 1.165) is 19.6 Å². The minimum absolute atomic E-state index is 0. The van der Waals surface area contributed by atoms with E-state index in [9.17, 15) is 0 Å². The Morgan fingerprint density at radius 1 is 0.895 bits per heavy atom. The number of hydrogen-bond donors (Lipinski definition) is 0. The van der Waals surface area contributed by atoms with Crippen LogP contribution in [0.4, 0.5) is 0 Å². The molecular weight excluding hydrogens is 288 g/mol. The van der Waals surface area contributed by atoms with Crippen LogP contribution in [0, 0.1) is 20.0 Å². The van der Waals surface area contributed by atoms with Crippen LogP contribution in [0.2, 0.25) is 0 Å². The molecule has 0 bridgehead atoms. The van der Waals surface area contributed by atoms with E-state index in [4.69, 9.17) is 23.4 Å². The van der Waals surface area contributed by atoms with Crippen LogP contribution < -0.4 is 0 Å². The summed E-state index contributed by atoms with van der Waals surface area (Å²) in [7, 11) is 0. The number of fused-ring (bicyclic) bond motifs is 2. The zero-order valence-electron chi connectivity index (χ0n) is 9.88. The first kappa shape index (κ1) is 20.2. The summed E-state index contributed by atoms with van der Waals surface area (Å²) in [5.41, 5.74) is 2.59. The van der Waals surface area contributed by atoms with Crippen molar-refractivity contribution in [2.45, 2.75) is 12.2 Å². The molecule has 1 spiro atoms. The van der Waals surface area contributed by atoms with Crippen molar-refractivity contribution in [3.63, 3.8) is 0 Å². The van der Waals surface area contributed by atoms with Gasteiger partial charge in [0.05, 0.1) is 13.2 Å². The van der Waals surface area contributed by atoms with E-state index in [1.54, 1.807) is 0 Å². The van der Waals surface area contributed by atoms with Gasteiger partial charge < -0.3 is 9.47 Å². The zero-order valence-corrected chi connectivity index (χ0v) is 11.2. The van der Waals surface area contributed by atoms with Crippen LogP contribution in [-0.2, 0) is 53.0 Å². The maximum Gasteiger partial charge on any atom is 0.199 e. The van der Waals surface area contributed by atoms with Gasteiger partial charge in [-0.15, -0.1) is 0 Å². The number of ether oxygens (including phenoxy) is 2. The molecule has 0 aromatic heterocycles. The van der Waals surface area contributed by atoms with Crippen LogP contribution in [0.3, 0.4) is 0 Å². The summed E-state index contributed by atoms with van der Waals surface area (Å²) in [6, 6.07) is 8.31. The van der Waals surface area contributed by atoms with Crippen molar-refractivity contribution in [3.05, 3.63) is 55.3 Å². The molecule has 19 heavy (non-hydrogen) atoms. The molecule has 6 heteroatoms. The standard InChI is InChI=1S/C10H10O2.3CO.Cr/c1-2-4-9-8(3-1)7-10(9)11-5-6-12-10;3*1-2;/h1-4H,5-7H2;;;;. The second-order valence-electron chi connectivity index (χ2n) is 3.28. The van der Waals surface area contributed by atoms with Crippen LogP contribution in [0.1, 0.15) is 11.1 Å². The topological polar surface area (TPSA) is 78.2 Å². The van der Waals surface area contributed by atoms with Gasteiger partial charge in [0.15, 0.2) is 5.79 Å². The van der Waals surface area contributed by atoms with Crippen LogP contribution in [0.25, 0.3) is 0 Å². The molecule has 0 radical (unpaired) electrons. The van der Waals surface area contributed by atoms with Crippen molar-refractivity contribution < 1.29 is 40.8 Å². The van der Waals surface area contributed by atoms with Gasteiger partial charge in [-0.05, 0) is 5.56 Å². The molecule has 0 N–H and O–H groups in total. The average Bonchev–Trinajstić information content (AvgIpc) is 2.96. The number of rotatable bonds is 0. The maximum absolute atomic E-state index is 7.50. The molecule has 98 valence electrons. The molecular formula is C13H10CrO5. The molecule has 1 aromatic rings. The molecule has 0 amide bonds. The second kappa shape index (κ2) is 10.8. The summed E-state index contributed by atoms with van der Waals surface area (Å²) in [5.74, 6) is -0.351. The monoisotopic (exact) mass is 298 g/mol. The van der Waals surface area contributed by atoms with E-state index in [1.807, 2.05) is 6.07 Å². The van der Waals surface area contributed by atoms with Crippen molar-refractivity contribution in [2.75, 3.05) is 13.2 Å². The van der Waals surface area contributed by atoms with Crippen molar-refractivity contribution in [1.29, 1.82) is 0 Å². The van der Waals surface area contributed by atoms with E-state index >= 15 is 0 Å². The van der Waals surface area contributed by atoms with Gasteiger partial charge in [-0.3, -0.25) is 0 Å². The minimum Gasteiger partial charge on any atom is -0.343 e. The Morgan fingerprint density at radius 3 is 1.84 bits per heavy atom. The second-order valence-corrected chi connectivity index (χ2v) is 3.28. The Hall–Kier alpha value is -1.11. The van der Waals surface area contributed by atoms with Gasteiger partial charge in [0.2, 0.25) is 0 Å². The van der Waals surface area contributed by atoms with Crippen LogP contribution in [-0.4, -0.2) is 13.2 Å². The Kier molecular flexibility index (Phi) is 11.5. The summed E-state index contributed by atoms with van der Waals surface area (Å²) >= 11 is 0. The van der Waals surface area contributed by atoms with Gasteiger partial charge in [-0.25, -0.2) is 0 Å². The quantitative estimate of drug-likeness (QED) is 0.535. The van der Waals surface area contributed by atoms with Crippen molar-refractivity contribution in [3.8, 4) is 0 Å². The zero-order chi connectivity index (χ0) is 14.0. The van der Waals surface area contributed by atoms with Crippen LogP contribution >= 0.6 is 0 Å². The molecule has 1 aliphatic heterocycles. The van der Waals surface area contributed by atoms with Crippen LogP contribution in [0.15, 0.2) is 24.3 Å². The van der Waals surface area contributed by atoms with Gasteiger partial charge in [-0.1, -0.05) is 24.3 Å². The van der Waals surface area contributed by atoms with Crippen LogP contribution in [0.5, 0.6) is 0 Å².